The summed E-state index contributed by atoms with van der Waals surface area (Å²) in [5, 5.41) is 0. The second-order valence-corrected chi connectivity index (χ2v) is 7.40. The monoisotopic (exact) mass is 365 g/mol. The highest BCUT2D eigenvalue weighted by Crippen LogP contribution is 2.28. The number of methoxy groups -OCH3 is 2. The van der Waals surface area contributed by atoms with Gasteiger partial charge in [0.15, 0.2) is 0 Å². The first-order valence-electron chi connectivity index (χ1n) is 7.25. The van der Waals surface area contributed by atoms with Crippen LogP contribution in [0.5, 0.6) is 17.2 Å². The molecule has 0 bridgehead atoms. The summed E-state index contributed by atoms with van der Waals surface area (Å²) in [6.07, 6.45) is 0. The third kappa shape index (κ3) is 4.28. The molecule has 0 amide bonds. The average molecular weight is 365 g/mol. The highest BCUT2D eigenvalue weighted by atomic mass is 32.2. The van der Waals surface area contributed by atoms with Gasteiger partial charge in [-0.15, -0.1) is 0 Å². The van der Waals surface area contributed by atoms with E-state index < -0.39 is 16.0 Å². The molecule has 2 aromatic carbocycles. The van der Waals surface area contributed by atoms with Crippen LogP contribution in [0.3, 0.4) is 0 Å². The van der Waals surface area contributed by atoms with Crippen molar-refractivity contribution in [2.75, 3.05) is 28.3 Å². The summed E-state index contributed by atoms with van der Waals surface area (Å²) in [4.78, 5) is 12.3. The zero-order chi connectivity index (χ0) is 18.6. The lowest BCUT2D eigenvalue weighted by molar-refractivity contribution is 0.0734. The number of hydrogen-bond donors (Lipinski definition) is 0. The molecule has 0 aliphatic carbocycles. The summed E-state index contributed by atoms with van der Waals surface area (Å²) in [5.74, 6) is 0.597. The minimum Gasteiger partial charge on any atom is -0.496 e. The van der Waals surface area contributed by atoms with Crippen molar-refractivity contribution in [1.29, 1.82) is 0 Å². The second-order valence-electron chi connectivity index (χ2n) is 5.25. The van der Waals surface area contributed by atoms with E-state index in [0.717, 1.165) is 4.31 Å². The van der Waals surface area contributed by atoms with Crippen molar-refractivity contribution in [3.8, 4) is 17.2 Å². The number of esters is 1. The minimum absolute atomic E-state index is 0.0945. The first-order valence-corrected chi connectivity index (χ1v) is 8.70. The van der Waals surface area contributed by atoms with E-state index >= 15 is 0 Å². The molecule has 0 N–H and O–H groups in total. The molecule has 0 unspecified atom stereocenters. The molecule has 8 heteroatoms. The fraction of sp³-hybridized carbons (Fsp3) is 0.235. The Hall–Kier alpha value is -2.58. The van der Waals surface area contributed by atoms with Crippen LogP contribution in [0, 0.1) is 0 Å². The lowest BCUT2D eigenvalue weighted by Crippen LogP contribution is -2.22. The van der Waals surface area contributed by atoms with Gasteiger partial charge in [-0.3, -0.25) is 0 Å². The molecule has 0 saturated carbocycles. The number of rotatable bonds is 6. The van der Waals surface area contributed by atoms with Gasteiger partial charge in [-0.1, -0.05) is 0 Å². The molecule has 2 aromatic rings. The Morgan fingerprint density at radius 2 is 1.36 bits per heavy atom. The molecule has 7 nitrogen and oxygen atoms in total. The van der Waals surface area contributed by atoms with Crippen LogP contribution in [0.15, 0.2) is 47.4 Å². The summed E-state index contributed by atoms with van der Waals surface area (Å²) >= 11 is 0. The summed E-state index contributed by atoms with van der Waals surface area (Å²) in [5.41, 5.74) is 0.222. The van der Waals surface area contributed by atoms with Crippen molar-refractivity contribution in [3.63, 3.8) is 0 Å². The van der Waals surface area contributed by atoms with E-state index in [2.05, 4.69) is 0 Å². The van der Waals surface area contributed by atoms with E-state index in [4.69, 9.17) is 14.2 Å². The summed E-state index contributed by atoms with van der Waals surface area (Å²) in [7, 11) is 2.31. The van der Waals surface area contributed by atoms with Gasteiger partial charge in [-0.05, 0) is 24.3 Å². The van der Waals surface area contributed by atoms with Crippen molar-refractivity contribution in [1.82, 2.24) is 4.31 Å². The quantitative estimate of drug-likeness (QED) is 0.576. The lowest BCUT2D eigenvalue weighted by Gasteiger charge is -2.12. The van der Waals surface area contributed by atoms with Crippen molar-refractivity contribution in [2.24, 2.45) is 0 Å². The molecule has 2 rings (SSSR count). The number of carbonyl (C=O) groups excluding carboxylic acids is 1. The Labute approximate surface area is 146 Å². The number of hydrogen-bond acceptors (Lipinski definition) is 6. The van der Waals surface area contributed by atoms with Crippen molar-refractivity contribution in [3.05, 3.63) is 48.0 Å². The minimum atomic E-state index is -3.55. The third-order valence-corrected chi connectivity index (χ3v) is 5.23. The molecule has 0 heterocycles. The predicted molar refractivity (Wildman–Crippen MR) is 91.8 cm³/mol. The van der Waals surface area contributed by atoms with Crippen LogP contribution in [0.25, 0.3) is 0 Å². The van der Waals surface area contributed by atoms with E-state index in [9.17, 15) is 13.2 Å². The number of ether oxygens (including phenoxy) is 3. The topological polar surface area (TPSA) is 82.1 Å². The Kier molecular flexibility index (Phi) is 5.66. The van der Waals surface area contributed by atoms with Crippen LogP contribution in [-0.2, 0) is 10.0 Å². The molecule has 0 radical (unpaired) electrons. The van der Waals surface area contributed by atoms with Gasteiger partial charge < -0.3 is 14.2 Å². The maximum atomic E-state index is 12.2. The Morgan fingerprint density at radius 1 is 0.880 bits per heavy atom. The molecule has 0 aromatic heterocycles. The van der Waals surface area contributed by atoms with E-state index in [1.165, 1.54) is 52.6 Å². The van der Waals surface area contributed by atoms with Gasteiger partial charge in [0.05, 0.1) is 24.7 Å². The molecule has 0 spiro atoms. The summed E-state index contributed by atoms with van der Waals surface area (Å²) in [6.45, 7) is 0. The third-order valence-electron chi connectivity index (χ3n) is 3.40. The fourth-order valence-corrected chi connectivity index (χ4v) is 2.88. The number of benzene rings is 2. The van der Waals surface area contributed by atoms with Crippen molar-refractivity contribution >= 4 is 16.0 Å². The van der Waals surface area contributed by atoms with Gasteiger partial charge in [0, 0.05) is 32.3 Å². The standard InChI is InChI=1S/C17H19NO6S/c1-18(2)25(20,21)16-7-5-12(6-8-16)17(19)24-15-10-13(22-3)9-14(11-15)23-4/h5-11H,1-4H3. The first kappa shape index (κ1) is 18.8. The smallest absolute Gasteiger partial charge is 0.343 e. The Bertz CT molecular complexity index is 837. The summed E-state index contributed by atoms with van der Waals surface area (Å²) < 4.78 is 40.7. The molecule has 134 valence electrons. The molecule has 0 aliphatic heterocycles. The fourth-order valence-electron chi connectivity index (χ4n) is 1.98. The molecule has 0 fully saturated rings. The first-order chi connectivity index (χ1) is 11.8. The van der Waals surface area contributed by atoms with Gasteiger partial charge in [0.25, 0.3) is 0 Å². The van der Waals surface area contributed by atoms with Gasteiger partial charge in [-0.2, -0.15) is 0 Å². The Morgan fingerprint density at radius 3 is 1.80 bits per heavy atom. The largest absolute Gasteiger partial charge is 0.496 e. The highest BCUT2D eigenvalue weighted by Gasteiger charge is 2.18. The van der Waals surface area contributed by atoms with Gasteiger partial charge in [0.1, 0.15) is 17.2 Å². The van der Waals surface area contributed by atoms with Crippen LogP contribution in [0.2, 0.25) is 0 Å². The van der Waals surface area contributed by atoms with E-state index in [0.29, 0.717) is 11.5 Å². The molecule has 25 heavy (non-hydrogen) atoms. The van der Waals surface area contributed by atoms with E-state index in [-0.39, 0.29) is 16.2 Å². The summed E-state index contributed by atoms with van der Waals surface area (Å²) in [6, 6.07) is 10.3. The van der Waals surface area contributed by atoms with Crippen LogP contribution in [0.1, 0.15) is 10.4 Å². The normalized spacial score (nSPS) is 11.2. The molecule has 0 saturated heterocycles. The van der Waals surface area contributed by atoms with Gasteiger partial charge in [-0.25, -0.2) is 17.5 Å². The maximum absolute atomic E-state index is 12.2. The Balaban J connectivity index is 2.22. The van der Waals surface area contributed by atoms with Crippen LogP contribution < -0.4 is 14.2 Å². The molecule has 0 aliphatic rings. The van der Waals surface area contributed by atoms with E-state index in [1.54, 1.807) is 18.2 Å². The lowest BCUT2D eigenvalue weighted by atomic mass is 10.2. The number of carbonyl (C=O) groups is 1. The predicted octanol–water partition coefficient (Wildman–Crippen LogP) is 2.17. The van der Waals surface area contributed by atoms with E-state index in [1.807, 2.05) is 0 Å². The average Bonchev–Trinajstić information content (AvgIpc) is 2.61. The highest BCUT2D eigenvalue weighted by molar-refractivity contribution is 7.89. The molecular formula is C17H19NO6S. The zero-order valence-electron chi connectivity index (χ0n) is 14.3. The van der Waals surface area contributed by atoms with Gasteiger partial charge in [0.2, 0.25) is 10.0 Å². The maximum Gasteiger partial charge on any atom is 0.343 e. The van der Waals surface area contributed by atoms with Crippen LogP contribution in [0.4, 0.5) is 0 Å². The van der Waals surface area contributed by atoms with Crippen LogP contribution in [-0.4, -0.2) is 47.0 Å². The van der Waals surface area contributed by atoms with Gasteiger partial charge >= 0.3 is 5.97 Å². The molecular weight excluding hydrogens is 346 g/mol. The van der Waals surface area contributed by atoms with Crippen molar-refractivity contribution in [2.45, 2.75) is 4.90 Å². The second kappa shape index (κ2) is 7.54. The van der Waals surface area contributed by atoms with Crippen LogP contribution >= 0.6 is 0 Å². The number of sulfonamides is 1. The molecule has 0 atom stereocenters. The SMILES string of the molecule is COc1cc(OC)cc(OC(=O)c2ccc(S(=O)(=O)N(C)C)cc2)c1. The van der Waals surface area contributed by atoms with Crippen molar-refractivity contribution < 1.29 is 27.4 Å². The number of nitrogens with zero attached hydrogens (tertiary/aromatic N) is 1. The zero-order valence-corrected chi connectivity index (χ0v) is 15.2.